The number of ether oxygens (including phenoxy) is 2. The Balaban J connectivity index is 1.35. The van der Waals surface area contributed by atoms with Crippen molar-refractivity contribution < 1.29 is 19.1 Å². The second-order valence-corrected chi connectivity index (χ2v) is 7.32. The van der Waals surface area contributed by atoms with Gasteiger partial charge in [-0.3, -0.25) is 10.1 Å². The van der Waals surface area contributed by atoms with Gasteiger partial charge in [-0.05, 0) is 61.9 Å². The summed E-state index contributed by atoms with van der Waals surface area (Å²) in [5.74, 6) is 0.819. The molecule has 0 unspecified atom stereocenters. The van der Waals surface area contributed by atoms with Crippen molar-refractivity contribution in [2.75, 3.05) is 23.8 Å². The van der Waals surface area contributed by atoms with Crippen molar-refractivity contribution >= 4 is 23.3 Å². The molecule has 2 aromatic rings. The first kappa shape index (κ1) is 19.1. The second-order valence-electron chi connectivity index (χ2n) is 7.32. The SMILES string of the molecule is C[C@@H](Nc1cccc2c1CCCC2)C(=O)NC(=O)Nc1ccc2c(c1)OCCO2. The Hall–Kier alpha value is -3.22. The molecule has 0 radical (unpaired) electrons. The molecular weight excluding hydrogens is 370 g/mol. The fourth-order valence-corrected chi connectivity index (χ4v) is 3.72. The number of anilines is 2. The van der Waals surface area contributed by atoms with Crippen LogP contribution in [0.5, 0.6) is 11.5 Å². The van der Waals surface area contributed by atoms with Crippen molar-refractivity contribution in [3.05, 3.63) is 47.5 Å². The molecule has 3 N–H and O–H groups in total. The van der Waals surface area contributed by atoms with E-state index >= 15 is 0 Å². The van der Waals surface area contributed by atoms with Gasteiger partial charge in [0.25, 0.3) is 0 Å². The number of aryl methyl sites for hydroxylation is 1. The molecule has 1 heterocycles. The third-order valence-corrected chi connectivity index (χ3v) is 5.20. The molecule has 1 aliphatic heterocycles. The van der Waals surface area contributed by atoms with Gasteiger partial charge in [0.15, 0.2) is 11.5 Å². The van der Waals surface area contributed by atoms with E-state index in [4.69, 9.17) is 9.47 Å². The lowest BCUT2D eigenvalue weighted by atomic mass is 9.90. The lowest BCUT2D eigenvalue weighted by Crippen LogP contribution is -2.43. The monoisotopic (exact) mass is 395 g/mol. The number of carbonyl (C=O) groups is 2. The number of urea groups is 1. The summed E-state index contributed by atoms with van der Waals surface area (Å²) in [5.41, 5.74) is 4.11. The summed E-state index contributed by atoms with van der Waals surface area (Å²) in [6.07, 6.45) is 4.44. The smallest absolute Gasteiger partial charge is 0.325 e. The van der Waals surface area contributed by atoms with E-state index in [1.54, 1.807) is 25.1 Å². The largest absolute Gasteiger partial charge is 0.486 e. The van der Waals surface area contributed by atoms with Crippen molar-refractivity contribution in [3.63, 3.8) is 0 Å². The zero-order chi connectivity index (χ0) is 20.2. The maximum absolute atomic E-state index is 12.5. The Kier molecular flexibility index (Phi) is 5.55. The fraction of sp³-hybridized carbons (Fsp3) is 0.364. The number of benzene rings is 2. The van der Waals surface area contributed by atoms with Crippen molar-refractivity contribution in [3.8, 4) is 11.5 Å². The van der Waals surface area contributed by atoms with Crippen LogP contribution in [0.2, 0.25) is 0 Å². The zero-order valence-electron chi connectivity index (χ0n) is 16.4. The van der Waals surface area contributed by atoms with E-state index in [1.807, 2.05) is 12.1 Å². The Morgan fingerprint density at radius 3 is 2.66 bits per heavy atom. The molecule has 1 atom stereocenters. The quantitative estimate of drug-likeness (QED) is 0.738. The summed E-state index contributed by atoms with van der Waals surface area (Å²) >= 11 is 0. The number of rotatable bonds is 4. The van der Waals surface area contributed by atoms with Crippen LogP contribution in [0.15, 0.2) is 36.4 Å². The van der Waals surface area contributed by atoms with Gasteiger partial charge in [0.1, 0.15) is 19.3 Å². The van der Waals surface area contributed by atoms with E-state index in [1.165, 1.54) is 17.5 Å². The van der Waals surface area contributed by atoms with E-state index in [0.29, 0.717) is 30.4 Å². The number of nitrogens with one attached hydrogen (secondary N) is 3. The van der Waals surface area contributed by atoms with Crippen LogP contribution >= 0.6 is 0 Å². The molecule has 0 saturated carbocycles. The topological polar surface area (TPSA) is 88.7 Å². The average molecular weight is 395 g/mol. The van der Waals surface area contributed by atoms with Crippen LogP contribution in [0, 0.1) is 0 Å². The van der Waals surface area contributed by atoms with Crippen LogP contribution < -0.4 is 25.4 Å². The van der Waals surface area contributed by atoms with Crippen molar-refractivity contribution in [2.24, 2.45) is 0 Å². The van der Waals surface area contributed by atoms with Crippen LogP contribution in [0.1, 0.15) is 30.9 Å². The summed E-state index contributed by atoms with van der Waals surface area (Å²) in [6.45, 7) is 2.71. The third-order valence-electron chi connectivity index (χ3n) is 5.20. The van der Waals surface area contributed by atoms with Crippen LogP contribution in [-0.4, -0.2) is 31.2 Å². The highest BCUT2D eigenvalue weighted by Gasteiger charge is 2.20. The van der Waals surface area contributed by atoms with Gasteiger partial charge in [-0.15, -0.1) is 0 Å². The summed E-state index contributed by atoms with van der Waals surface area (Å²) in [6, 6.07) is 10.1. The molecule has 0 bridgehead atoms. The molecular formula is C22H25N3O4. The normalized spacial score (nSPS) is 15.6. The fourth-order valence-electron chi connectivity index (χ4n) is 3.72. The van der Waals surface area contributed by atoms with Gasteiger partial charge in [0.05, 0.1) is 0 Å². The minimum atomic E-state index is -0.588. The summed E-state index contributed by atoms with van der Waals surface area (Å²) < 4.78 is 11.0. The first-order chi connectivity index (χ1) is 14.1. The molecule has 0 aromatic heterocycles. The van der Waals surface area contributed by atoms with Crippen LogP contribution in [0.4, 0.5) is 16.2 Å². The van der Waals surface area contributed by atoms with Gasteiger partial charge in [0.2, 0.25) is 5.91 Å². The molecule has 29 heavy (non-hydrogen) atoms. The molecule has 2 aromatic carbocycles. The lowest BCUT2D eigenvalue weighted by Gasteiger charge is -2.22. The average Bonchev–Trinajstić information content (AvgIpc) is 2.73. The number of fused-ring (bicyclic) bond motifs is 2. The van der Waals surface area contributed by atoms with E-state index in [0.717, 1.165) is 24.9 Å². The van der Waals surface area contributed by atoms with Crippen molar-refractivity contribution in [1.82, 2.24) is 5.32 Å². The number of amides is 3. The number of imide groups is 1. The first-order valence-corrected chi connectivity index (χ1v) is 9.99. The van der Waals surface area contributed by atoms with Crippen molar-refractivity contribution in [1.29, 1.82) is 0 Å². The summed E-state index contributed by atoms with van der Waals surface area (Å²) in [4.78, 5) is 24.7. The highest BCUT2D eigenvalue weighted by atomic mass is 16.6. The summed E-state index contributed by atoms with van der Waals surface area (Å²) in [5, 5.41) is 8.29. The third kappa shape index (κ3) is 4.45. The van der Waals surface area contributed by atoms with Crippen LogP contribution in [-0.2, 0) is 17.6 Å². The molecule has 4 rings (SSSR count). The maximum atomic E-state index is 12.5. The molecule has 1 aliphatic carbocycles. The molecule has 3 amide bonds. The predicted octanol–water partition coefficient (Wildman–Crippen LogP) is 3.49. The van der Waals surface area contributed by atoms with Crippen LogP contribution in [0.25, 0.3) is 0 Å². The number of hydrogen-bond donors (Lipinski definition) is 3. The van der Waals surface area contributed by atoms with Gasteiger partial charge in [-0.1, -0.05) is 12.1 Å². The number of hydrogen-bond acceptors (Lipinski definition) is 5. The molecule has 0 spiro atoms. The van der Waals surface area contributed by atoms with Gasteiger partial charge >= 0.3 is 6.03 Å². The highest BCUT2D eigenvalue weighted by Crippen LogP contribution is 2.32. The summed E-state index contributed by atoms with van der Waals surface area (Å²) in [7, 11) is 0. The van der Waals surface area contributed by atoms with Crippen molar-refractivity contribution in [2.45, 2.75) is 38.6 Å². The minimum absolute atomic E-state index is 0.395. The van der Waals surface area contributed by atoms with Gasteiger partial charge in [-0.2, -0.15) is 0 Å². The zero-order valence-corrected chi connectivity index (χ0v) is 16.4. The second kappa shape index (κ2) is 8.43. The number of carbonyl (C=O) groups excluding carboxylic acids is 2. The van der Waals surface area contributed by atoms with E-state index in [9.17, 15) is 9.59 Å². The molecule has 0 fully saturated rings. The standard InChI is InChI=1S/C22H25N3O4/c1-14(23-18-8-4-6-15-5-2-3-7-17(15)18)21(26)25-22(27)24-16-9-10-19-20(13-16)29-12-11-28-19/h4,6,8-10,13-14,23H,2-3,5,7,11-12H2,1H3,(H2,24,25,26,27)/t14-/m1/s1. The van der Waals surface area contributed by atoms with E-state index in [-0.39, 0.29) is 0 Å². The van der Waals surface area contributed by atoms with E-state index in [2.05, 4.69) is 22.0 Å². The van der Waals surface area contributed by atoms with Gasteiger partial charge in [-0.25, -0.2) is 4.79 Å². The Labute approximate surface area is 169 Å². The molecule has 0 saturated heterocycles. The molecule has 7 heteroatoms. The Morgan fingerprint density at radius 2 is 1.79 bits per heavy atom. The van der Waals surface area contributed by atoms with Gasteiger partial charge < -0.3 is 20.1 Å². The minimum Gasteiger partial charge on any atom is -0.486 e. The van der Waals surface area contributed by atoms with E-state index < -0.39 is 18.0 Å². The molecule has 152 valence electrons. The Bertz CT molecular complexity index is 928. The van der Waals surface area contributed by atoms with Gasteiger partial charge in [0, 0.05) is 17.4 Å². The highest BCUT2D eigenvalue weighted by molar-refractivity contribution is 6.03. The molecule has 7 nitrogen and oxygen atoms in total. The first-order valence-electron chi connectivity index (χ1n) is 9.99. The lowest BCUT2D eigenvalue weighted by molar-refractivity contribution is -0.120. The predicted molar refractivity (Wildman–Crippen MR) is 111 cm³/mol. The Morgan fingerprint density at radius 1 is 1.00 bits per heavy atom. The maximum Gasteiger partial charge on any atom is 0.325 e. The van der Waals surface area contributed by atoms with Crippen LogP contribution in [0.3, 0.4) is 0 Å². The molecule has 2 aliphatic rings.